The summed E-state index contributed by atoms with van der Waals surface area (Å²) in [6.45, 7) is 1.38. The number of halogens is 1. The molecule has 2 saturated heterocycles. The fourth-order valence-corrected chi connectivity index (χ4v) is 4.06. The smallest absolute Gasteiger partial charge is 0.223 e. The molecule has 122 valence electrons. The fraction of sp³-hybridized carbons (Fsp3) is 0.692. The number of hydrogen-bond acceptors (Lipinski definition) is 6. The standard InChI is InChI=1S/C13H19FN4O3S/c1-22(19,20)18-4-2-3-13(9-18)5-11(8-21-13)17-12-15-6-10(14)7-16-12/h6-7,11H,2-5,8-9H2,1H3,(H,15,16,17)/t11-,13-/m0/s1. The van der Waals surface area contributed by atoms with Crippen LogP contribution in [-0.4, -0.2) is 60.3 Å². The minimum Gasteiger partial charge on any atom is -0.371 e. The lowest BCUT2D eigenvalue weighted by Gasteiger charge is -2.38. The zero-order chi connectivity index (χ0) is 15.8. The molecule has 2 aliphatic rings. The number of nitrogens with one attached hydrogen (secondary N) is 1. The van der Waals surface area contributed by atoms with Crippen LogP contribution in [0.4, 0.5) is 10.3 Å². The first-order chi connectivity index (χ1) is 10.4. The molecule has 1 spiro atoms. The second kappa shape index (κ2) is 5.71. The van der Waals surface area contributed by atoms with Crippen LogP contribution in [0, 0.1) is 5.82 Å². The van der Waals surface area contributed by atoms with E-state index in [2.05, 4.69) is 15.3 Å². The van der Waals surface area contributed by atoms with Gasteiger partial charge in [0.2, 0.25) is 16.0 Å². The molecular formula is C13H19FN4O3S. The number of rotatable bonds is 3. The lowest BCUT2D eigenvalue weighted by Crippen LogP contribution is -2.50. The van der Waals surface area contributed by atoms with Gasteiger partial charge in [0.05, 0.1) is 36.9 Å². The van der Waals surface area contributed by atoms with Crippen molar-refractivity contribution in [1.29, 1.82) is 0 Å². The summed E-state index contributed by atoms with van der Waals surface area (Å²) in [7, 11) is -3.20. The number of nitrogens with zero attached hydrogens (tertiary/aromatic N) is 3. The molecule has 1 N–H and O–H groups in total. The highest BCUT2D eigenvalue weighted by Gasteiger charge is 2.45. The van der Waals surface area contributed by atoms with E-state index in [1.807, 2.05) is 0 Å². The van der Waals surface area contributed by atoms with Crippen molar-refractivity contribution in [3.05, 3.63) is 18.2 Å². The highest BCUT2D eigenvalue weighted by molar-refractivity contribution is 7.88. The van der Waals surface area contributed by atoms with E-state index in [4.69, 9.17) is 4.74 Å². The van der Waals surface area contributed by atoms with Gasteiger partial charge in [-0.25, -0.2) is 22.8 Å². The van der Waals surface area contributed by atoms with E-state index in [9.17, 15) is 12.8 Å². The van der Waals surface area contributed by atoms with Gasteiger partial charge in [-0.3, -0.25) is 0 Å². The van der Waals surface area contributed by atoms with Gasteiger partial charge in [-0.15, -0.1) is 0 Å². The summed E-state index contributed by atoms with van der Waals surface area (Å²) in [6.07, 6.45) is 5.73. The molecule has 7 nitrogen and oxygen atoms in total. The van der Waals surface area contributed by atoms with E-state index in [-0.39, 0.29) is 6.04 Å². The van der Waals surface area contributed by atoms with Crippen molar-refractivity contribution in [2.24, 2.45) is 0 Å². The Morgan fingerprint density at radius 3 is 2.86 bits per heavy atom. The van der Waals surface area contributed by atoms with Crippen molar-refractivity contribution < 1.29 is 17.5 Å². The Labute approximate surface area is 128 Å². The van der Waals surface area contributed by atoms with Crippen molar-refractivity contribution >= 4 is 16.0 Å². The minimum absolute atomic E-state index is 0.00929. The van der Waals surface area contributed by atoms with Gasteiger partial charge in [-0.05, 0) is 12.8 Å². The van der Waals surface area contributed by atoms with Crippen molar-refractivity contribution in [2.75, 3.05) is 31.3 Å². The zero-order valence-electron chi connectivity index (χ0n) is 12.3. The SMILES string of the molecule is CS(=O)(=O)N1CCC[C@]2(C[C@H](Nc3ncc(F)cn3)CO2)C1. The normalized spacial score (nSPS) is 29.8. The molecule has 1 aromatic rings. The van der Waals surface area contributed by atoms with Crippen molar-refractivity contribution in [2.45, 2.75) is 30.9 Å². The molecule has 0 radical (unpaired) electrons. The van der Waals surface area contributed by atoms with Gasteiger partial charge in [-0.2, -0.15) is 4.31 Å². The van der Waals surface area contributed by atoms with E-state index in [1.165, 1.54) is 10.6 Å². The Kier molecular flexibility index (Phi) is 4.04. The molecule has 0 aliphatic carbocycles. The maximum absolute atomic E-state index is 12.8. The number of aromatic nitrogens is 2. The average molecular weight is 330 g/mol. The number of sulfonamides is 1. The Morgan fingerprint density at radius 1 is 1.45 bits per heavy atom. The summed E-state index contributed by atoms with van der Waals surface area (Å²) in [5.74, 6) is -0.136. The molecular weight excluding hydrogens is 311 g/mol. The van der Waals surface area contributed by atoms with E-state index in [0.717, 1.165) is 25.2 Å². The first-order valence-corrected chi connectivity index (χ1v) is 9.04. The first kappa shape index (κ1) is 15.6. The summed E-state index contributed by atoms with van der Waals surface area (Å²) in [4.78, 5) is 7.74. The minimum atomic E-state index is -3.20. The third kappa shape index (κ3) is 3.36. The first-order valence-electron chi connectivity index (χ1n) is 7.20. The molecule has 0 amide bonds. The summed E-state index contributed by atoms with van der Waals surface area (Å²) < 4.78 is 43.7. The van der Waals surface area contributed by atoms with Crippen LogP contribution in [0.25, 0.3) is 0 Å². The monoisotopic (exact) mass is 330 g/mol. The molecule has 0 bridgehead atoms. The van der Waals surface area contributed by atoms with Gasteiger partial charge in [0.15, 0.2) is 5.82 Å². The van der Waals surface area contributed by atoms with Crippen LogP contribution >= 0.6 is 0 Å². The van der Waals surface area contributed by atoms with Crippen molar-refractivity contribution in [1.82, 2.24) is 14.3 Å². The van der Waals surface area contributed by atoms with Crippen molar-refractivity contribution in [3.8, 4) is 0 Å². The van der Waals surface area contributed by atoms with Crippen LogP contribution in [0.1, 0.15) is 19.3 Å². The maximum Gasteiger partial charge on any atom is 0.223 e. The van der Waals surface area contributed by atoms with Gasteiger partial charge >= 0.3 is 0 Å². The number of hydrogen-bond donors (Lipinski definition) is 1. The highest BCUT2D eigenvalue weighted by Crippen LogP contribution is 2.36. The van der Waals surface area contributed by atoms with Gasteiger partial charge in [0, 0.05) is 19.5 Å². The summed E-state index contributed by atoms with van der Waals surface area (Å²) in [5, 5.41) is 3.11. The number of ether oxygens (including phenoxy) is 1. The number of piperidine rings is 1. The van der Waals surface area contributed by atoms with Gasteiger partial charge in [0.25, 0.3) is 0 Å². The molecule has 2 fully saturated rings. The van der Waals surface area contributed by atoms with Crippen LogP contribution in [0.15, 0.2) is 12.4 Å². The maximum atomic E-state index is 12.8. The Balaban J connectivity index is 1.65. The zero-order valence-corrected chi connectivity index (χ0v) is 13.1. The fourth-order valence-electron chi connectivity index (χ4n) is 3.13. The Morgan fingerprint density at radius 2 is 2.18 bits per heavy atom. The lowest BCUT2D eigenvalue weighted by atomic mass is 9.90. The van der Waals surface area contributed by atoms with Crippen LogP contribution in [0.2, 0.25) is 0 Å². The molecule has 3 rings (SSSR count). The van der Waals surface area contributed by atoms with Gasteiger partial charge in [0.1, 0.15) is 0 Å². The second-order valence-electron chi connectivity index (χ2n) is 5.96. The lowest BCUT2D eigenvalue weighted by molar-refractivity contribution is -0.0328. The van der Waals surface area contributed by atoms with E-state index in [1.54, 1.807) is 0 Å². The van der Waals surface area contributed by atoms with Crippen LogP contribution in [0.5, 0.6) is 0 Å². The molecule has 22 heavy (non-hydrogen) atoms. The van der Waals surface area contributed by atoms with Crippen molar-refractivity contribution in [3.63, 3.8) is 0 Å². The third-order valence-corrected chi connectivity index (χ3v) is 5.39. The van der Waals surface area contributed by atoms with Crippen LogP contribution < -0.4 is 5.32 Å². The topological polar surface area (TPSA) is 84.4 Å². The Bertz CT molecular complexity index is 639. The van der Waals surface area contributed by atoms with E-state index < -0.39 is 21.4 Å². The molecule has 0 saturated carbocycles. The predicted octanol–water partition coefficient (Wildman–Crippen LogP) is 0.611. The van der Waals surface area contributed by atoms with Crippen LogP contribution in [-0.2, 0) is 14.8 Å². The third-order valence-electron chi connectivity index (χ3n) is 4.14. The number of anilines is 1. The second-order valence-corrected chi connectivity index (χ2v) is 7.95. The molecule has 2 aliphatic heterocycles. The summed E-state index contributed by atoms with van der Waals surface area (Å²) >= 11 is 0. The van der Waals surface area contributed by atoms with Crippen LogP contribution in [0.3, 0.4) is 0 Å². The molecule has 3 heterocycles. The van der Waals surface area contributed by atoms with Gasteiger partial charge < -0.3 is 10.1 Å². The summed E-state index contributed by atoms with van der Waals surface area (Å²) in [5.41, 5.74) is -0.445. The molecule has 2 atom stereocenters. The molecule has 0 unspecified atom stereocenters. The molecule has 1 aromatic heterocycles. The molecule has 9 heteroatoms. The largest absolute Gasteiger partial charge is 0.371 e. The van der Waals surface area contributed by atoms with E-state index in [0.29, 0.717) is 32.1 Å². The summed E-state index contributed by atoms with van der Waals surface area (Å²) in [6, 6.07) is -0.00929. The molecule has 0 aromatic carbocycles. The highest BCUT2D eigenvalue weighted by atomic mass is 32.2. The predicted molar refractivity (Wildman–Crippen MR) is 78.4 cm³/mol. The van der Waals surface area contributed by atoms with E-state index >= 15 is 0 Å². The van der Waals surface area contributed by atoms with Gasteiger partial charge in [-0.1, -0.05) is 0 Å². The Hall–Kier alpha value is -1.32. The quantitative estimate of drug-likeness (QED) is 0.874. The average Bonchev–Trinajstić information content (AvgIpc) is 2.83.